The van der Waals surface area contributed by atoms with Gasteiger partial charge in [-0.05, 0) is 30.2 Å². The van der Waals surface area contributed by atoms with Gasteiger partial charge in [0.1, 0.15) is 23.5 Å². The lowest BCUT2D eigenvalue weighted by atomic mass is 9.83. The van der Waals surface area contributed by atoms with Crippen molar-refractivity contribution in [3.05, 3.63) is 71.4 Å². The Hall–Kier alpha value is -4.04. The minimum Gasteiger partial charge on any atom is -0.463 e. The Kier molecular flexibility index (Phi) is 6.99. The number of carbonyl (C=O) groups excluding carboxylic acids is 1. The van der Waals surface area contributed by atoms with E-state index in [2.05, 4.69) is 25.9 Å². The van der Waals surface area contributed by atoms with E-state index in [1.165, 1.54) is 35.0 Å². The summed E-state index contributed by atoms with van der Waals surface area (Å²) in [7, 11) is 3.29. The Morgan fingerprint density at radius 3 is 2.92 bits per heavy atom. The molecule has 0 radical (unpaired) electrons. The van der Waals surface area contributed by atoms with E-state index in [0.717, 1.165) is 0 Å². The molecule has 1 saturated carbocycles. The van der Waals surface area contributed by atoms with E-state index >= 15 is 4.39 Å². The predicted octanol–water partition coefficient (Wildman–Crippen LogP) is 3.40. The molecule has 3 heterocycles. The molecule has 3 aromatic rings. The normalized spacial score (nSPS) is 23.7. The number of nitrogens with zero attached hydrogens (tertiary/aromatic N) is 5. The summed E-state index contributed by atoms with van der Waals surface area (Å²) in [6.07, 6.45) is 12.3. The molecule has 1 aromatic carbocycles. The smallest absolute Gasteiger partial charge is 0.245 e. The summed E-state index contributed by atoms with van der Waals surface area (Å²) >= 11 is 1.28. The van der Waals surface area contributed by atoms with Gasteiger partial charge in [-0.1, -0.05) is 29.8 Å². The Bertz CT molecular complexity index is 1550. The van der Waals surface area contributed by atoms with Crippen molar-refractivity contribution >= 4 is 33.9 Å². The number of aromatic nitrogens is 3. The summed E-state index contributed by atoms with van der Waals surface area (Å²) in [6.45, 7) is -0.864. The lowest BCUT2D eigenvalue weighted by Gasteiger charge is -2.34. The molecule has 200 valence electrons. The molecule has 5 rings (SSSR count). The van der Waals surface area contributed by atoms with Gasteiger partial charge in [0.05, 0.1) is 17.4 Å². The number of carbonyl (C=O) groups is 1. The summed E-state index contributed by atoms with van der Waals surface area (Å²) < 4.78 is 35.0. The molecular weight excluding hydrogens is 522 g/mol. The average Bonchev–Trinajstić information content (AvgIpc) is 3.66. The number of ether oxygens (including phenoxy) is 1. The molecule has 1 fully saturated rings. The van der Waals surface area contributed by atoms with Gasteiger partial charge in [-0.2, -0.15) is 0 Å². The number of alkyl halides is 1. The monoisotopic (exact) mass is 548 g/mol. The Morgan fingerprint density at radius 1 is 1.36 bits per heavy atom. The number of rotatable bonds is 8. The van der Waals surface area contributed by atoms with Crippen molar-refractivity contribution in [3.63, 3.8) is 0 Å². The minimum atomic E-state index is -1.50. The number of thioether (sulfide) groups is 1. The van der Waals surface area contributed by atoms with E-state index in [9.17, 15) is 9.18 Å². The number of pyridine rings is 1. The minimum absolute atomic E-state index is 0.0718. The first kappa shape index (κ1) is 26.6. The summed E-state index contributed by atoms with van der Waals surface area (Å²) in [4.78, 5) is 31.4. The molecule has 2 aliphatic rings. The van der Waals surface area contributed by atoms with E-state index < -0.39 is 22.8 Å². The van der Waals surface area contributed by atoms with E-state index in [-0.39, 0.29) is 29.2 Å². The van der Waals surface area contributed by atoms with Gasteiger partial charge in [0.15, 0.2) is 11.8 Å². The largest absolute Gasteiger partial charge is 0.463 e. The van der Waals surface area contributed by atoms with E-state index in [4.69, 9.17) is 16.9 Å². The third-order valence-electron chi connectivity index (χ3n) is 6.97. The fraction of sp³-hybridized carbons (Fsp3) is 0.321. The second kappa shape index (κ2) is 10.3. The number of likely N-dealkylation sites (N-methyl/N-ethyl adjacent to an activating group) is 1. The van der Waals surface area contributed by atoms with Crippen LogP contribution in [0, 0.1) is 24.1 Å². The molecule has 8 nitrogen and oxygen atoms in total. The number of halogens is 2. The van der Waals surface area contributed by atoms with Crippen LogP contribution in [0.15, 0.2) is 53.8 Å². The molecule has 11 heteroatoms. The number of aliphatic imine (C=N–C) groups is 1. The first-order chi connectivity index (χ1) is 18.7. The van der Waals surface area contributed by atoms with Crippen molar-refractivity contribution in [3.8, 4) is 18.2 Å². The standard InChI is InChI=1S/C28H26F2N6O2S/c1-4-11-38-23-15-33-25-20(34-23)8-10-32-21(25)13-17-5-6-19(30)18(12-17)28(16-29)22-14-27(22,39-26(31)35-28)9-7-24(37)36(2)3/h1,5-10,12,15,22H,11,13-14,16H2,2-3H3,(H2,31,35)/b9-7+/t22-,27+,28-/m1/s1. The van der Waals surface area contributed by atoms with Crippen LogP contribution in [-0.4, -0.2) is 63.1 Å². The molecule has 39 heavy (non-hydrogen) atoms. The van der Waals surface area contributed by atoms with E-state index in [0.29, 0.717) is 41.0 Å². The third kappa shape index (κ3) is 4.92. The maximum atomic E-state index is 15.4. The van der Waals surface area contributed by atoms with Crippen molar-refractivity contribution < 1.29 is 18.3 Å². The van der Waals surface area contributed by atoms with Gasteiger partial charge >= 0.3 is 0 Å². The van der Waals surface area contributed by atoms with Gasteiger partial charge in [-0.3, -0.25) is 9.78 Å². The highest BCUT2D eigenvalue weighted by Crippen LogP contribution is 2.66. The van der Waals surface area contributed by atoms with Crippen LogP contribution in [0.3, 0.4) is 0 Å². The SMILES string of the molecule is C#CCOc1cnc2c(Cc3ccc(F)c([C@@]4(CF)N=C(N)S[C@@]5(/C=C/C(=O)N(C)C)C[C@H]54)c3)nccc2n1. The molecule has 2 aromatic heterocycles. The maximum absolute atomic E-state index is 15.4. The number of benzene rings is 1. The molecule has 2 N–H and O–H groups in total. The quantitative estimate of drug-likeness (QED) is 0.340. The Balaban J connectivity index is 1.49. The highest BCUT2D eigenvalue weighted by molar-refractivity contribution is 8.15. The van der Waals surface area contributed by atoms with Crippen molar-refractivity contribution in [1.29, 1.82) is 0 Å². The molecule has 0 unspecified atom stereocenters. The van der Waals surface area contributed by atoms with Crippen LogP contribution < -0.4 is 10.5 Å². The average molecular weight is 549 g/mol. The number of terminal acetylenes is 1. The van der Waals surface area contributed by atoms with Crippen molar-refractivity contribution in [2.75, 3.05) is 27.4 Å². The second-order valence-corrected chi connectivity index (χ2v) is 11.1. The van der Waals surface area contributed by atoms with Crippen molar-refractivity contribution in [1.82, 2.24) is 19.9 Å². The van der Waals surface area contributed by atoms with Crippen LogP contribution in [0.25, 0.3) is 11.0 Å². The summed E-state index contributed by atoms with van der Waals surface area (Å²) in [6, 6.07) is 6.27. The molecule has 0 saturated heterocycles. The van der Waals surface area contributed by atoms with E-state index in [1.54, 1.807) is 44.6 Å². The van der Waals surface area contributed by atoms with Crippen LogP contribution in [0.4, 0.5) is 8.78 Å². The molecule has 1 amide bonds. The van der Waals surface area contributed by atoms with Gasteiger partial charge in [0.25, 0.3) is 0 Å². The number of hydrogen-bond acceptors (Lipinski definition) is 8. The van der Waals surface area contributed by atoms with Gasteiger partial charge in [0.2, 0.25) is 11.8 Å². The first-order valence-corrected chi connectivity index (χ1v) is 13.0. The summed E-state index contributed by atoms with van der Waals surface area (Å²) in [5, 5.41) is 0.155. The van der Waals surface area contributed by atoms with Crippen LogP contribution in [0.2, 0.25) is 0 Å². The highest BCUT2D eigenvalue weighted by atomic mass is 32.2. The van der Waals surface area contributed by atoms with Gasteiger partial charge in [-0.15, -0.1) is 6.42 Å². The van der Waals surface area contributed by atoms with Crippen molar-refractivity contribution in [2.45, 2.75) is 23.1 Å². The van der Waals surface area contributed by atoms with E-state index in [1.807, 2.05) is 0 Å². The van der Waals surface area contributed by atoms with Gasteiger partial charge < -0.3 is 15.4 Å². The Labute approximate surface area is 228 Å². The fourth-order valence-corrected chi connectivity index (χ4v) is 6.29. The third-order valence-corrected chi connectivity index (χ3v) is 8.24. The Morgan fingerprint density at radius 2 is 2.18 bits per heavy atom. The zero-order valence-electron chi connectivity index (χ0n) is 21.4. The van der Waals surface area contributed by atoms with Crippen LogP contribution >= 0.6 is 11.8 Å². The zero-order chi connectivity index (χ0) is 27.8. The lowest BCUT2D eigenvalue weighted by Crippen LogP contribution is -2.39. The molecule has 0 spiro atoms. The molecule has 1 aliphatic heterocycles. The van der Waals surface area contributed by atoms with Crippen LogP contribution in [0.1, 0.15) is 23.2 Å². The fourth-order valence-electron chi connectivity index (χ4n) is 4.97. The number of fused-ring (bicyclic) bond motifs is 2. The molecule has 0 bridgehead atoms. The first-order valence-electron chi connectivity index (χ1n) is 12.2. The van der Waals surface area contributed by atoms with Gasteiger partial charge in [0, 0.05) is 49.0 Å². The maximum Gasteiger partial charge on any atom is 0.245 e. The molecule has 3 atom stereocenters. The number of hydrogen-bond donors (Lipinski definition) is 1. The second-order valence-electron chi connectivity index (χ2n) is 9.71. The zero-order valence-corrected chi connectivity index (χ0v) is 22.2. The number of nitrogens with two attached hydrogens (primary N) is 1. The van der Waals surface area contributed by atoms with Crippen LogP contribution in [0.5, 0.6) is 5.88 Å². The van der Waals surface area contributed by atoms with Gasteiger partial charge in [-0.25, -0.2) is 23.7 Å². The number of amides is 1. The lowest BCUT2D eigenvalue weighted by molar-refractivity contribution is -0.123. The topological polar surface area (TPSA) is 107 Å². The van der Waals surface area contributed by atoms with Crippen molar-refractivity contribution in [2.24, 2.45) is 16.6 Å². The highest BCUT2D eigenvalue weighted by Gasteiger charge is 2.67. The van der Waals surface area contributed by atoms with Crippen LogP contribution in [-0.2, 0) is 16.8 Å². The molecular formula is C28H26F2N6O2S. The number of amidine groups is 1. The summed E-state index contributed by atoms with van der Waals surface area (Å²) in [5.41, 5.74) is 7.22. The molecule has 1 aliphatic carbocycles. The predicted molar refractivity (Wildman–Crippen MR) is 146 cm³/mol. The summed E-state index contributed by atoms with van der Waals surface area (Å²) in [5.74, 6) is 1.54.